The Morgan fingerprint density at radius 2 is 1.83 bits per heavy atom. The number of hydrogen-bond donors (Lipinski definition) is 2. The number of anilines is 1. The number of aromatic nitrogens is 1. The third-order valence-electron chi connectivity index (χ3n) is 6.87. The number of hydrogen-bond acceptors (Lipinski definition) is 4. The minimum atomic E-state index is -0.521. The maximum atomic E-state index is 12.9. The van der Waals surface area contributed by atoms with Crippen LogP contribution in [0.15, 0.2) is 42.6 Å². The topological polar surface area (TPSA) is 91.6 Å². The van der Waals surface area contributed by atoms with Crippen LogP contribution < -0.4 is 16.0 Å². The predicted molar refractivity (Wildman–Crippen MR) is 116 cm³/mol. The van der Waals surface area contributed by atoms with E-state index in [0.717, 1.165) is 31.2 Å². The van der Waals surface area contributed by atoms with Gasteiger partial charge in [-0.3, -0.25) is 14.6 Å². The summed E-state index contributed by atoms with van der Waals surface area (Å²) < 4.78 is 0. The van der Waals surface area contributed by atoms with E-state index in [1.165, 1.54) is 11.8 Å². The maximum absolute atomic E-state index is 12.9. The predicted octanol–water partition coefficient (Wildman–Crippen LogP) is 2.79. The lowest BCUT2D eigenvalue weighted by molar-refractivity contribution is 0.0657. The molecule has 1 aromatic heterocycles. The van der Waals surface area contributed by atoms with Gasteiger partial charge in [0.05, 0.1) is 17.6 Å². The van der Waals surface area contributed by atoms with Crippen molar-refractivity contribution in [2.45, 2.75) is 43.7 Å². The average molecular weight is 408 g/mol. The van der Waals surface area contributed by atoms with E-state index >= 15 is 0 Å². The number of aryl methyl sites for hydroxylation is 1. The normalized spacial score (nSPS) is 26.3. The Morgan fingerprint density at radius 3 is 2.40 bits per heavy atom. The van der Waals surface area contributed by atoms with Crippen LogP contribution in [0.3, 0.4) is 0 Å². The number of pyridine rings is 1. The van der Waals surface area contributed by atoms with Gasteiger partial charge >= 0.3 is 6.03 Å². The molecule has 2 aliphatic rings. The molecule has 2 fully saturated rings. The molecule has 2 heterocycles. The lowest BCUT2D eigenvalue weighted by atomic mass is 9.69. The van der Waals surface area contributed by atoms with E-state index in [0.29, 0.717) is 17.9 Å². The van der Waals surface area contributed by atoms with Gasteiger partial charge in [0.15, 0.2) is 0 Å². The van der Waals surface area contributed by atoms with Crippen molar-refractivity contribution in [1.82, 2.24) is 15.2 Å². The molecule has 0 unspecified atom stereocenters. The molecule has 1 aromatic carbocycles. The highest BCUT2D eigenvalue weighted by molar-refractivity contribution is 5.96. The quantitative estimate of drug-likeness (QED) is 0.815. The molecule has 1 saturated carbocycles. The second-order valence-corrected chi connectivity index (χ2v) is 8.82. The lowest BCUT2D eigenvalue weighted by Gasteiger charge is -2.48. The van der Waals surface area contributed by atoms with Crippen molar-refractivity contribution >= 4 is 17.8 Å². The van der Waals surface area contributed by atoms with Crippen molar-refractivity contribution in [3.63, 3.8) is 0 Å². The summed E-state index contributed by atoms with van der Waals surface area (Å²) in [7, 11) is 4.27. The zero-order chi connectivity index (χ0) is 21.5. The largest absolute Gasteiger partial charge is 0.366 e. The molecule has 3 N–H and O–H groups in total. The molecule has 1 aliphatic carbocycles. The van der Waals surface area contributed by atoms with Crippen molar-refractivity contribution in [2.75, 3.05) is 25.5 Å². The Kier molecular flexibility index (Phi) is 5.02. The zero-order valence-electron chi connectivity index (χ0n) is 17.8. The number of rotatable bonds is 4. The first-order valence-electron chi connectivity index (χ1n) is 10.4. The molecule has 1 spiro atoms. The molecule has 4 rings (SSSR count). The van der Waals surface area contributed by atoms with E-state index in [1.807, 2.05) is 13.0 Å². The first-order valence-corrected chi connectivity index (χ1v) is 10.4. The molecule has 0 radical (unpaired) electrons. The molecule has 1 aliphatic heterocycles. The van der Waals surface area contributed by atoms with E-state index in [2.05, 4.69) is 53.6 Å². The van der Waals surface area contributed by atoms with Crippen molar-refractivity contribution in [1.29, 1.82) is 0 Å². The third-order valence-corrected chi connectivity index (χ3v) is 6.87. The van der Waals surface area contributed by atoms with Gasteiger partial charge in [0.2, 0.25) is 5.91 Å². The van der Waals surface area contributed by atoms with E-state index < -0.39 is 5.91 Å². The Labute approximate surface area is 177 Å². The van der Waals surface area contributed by atoms with Crippen LogP contribution in [0.1, 0.15) is 47.2 Å². The summed E-state index contributed by atoms with van der Waals surface area (Å²) in [6.45, 7) is 2.42. The number of primary amides is 1. The fraction of sp³-hybridized carbons (Fsp3) is 0.435. The number of carbonyl (C=O) groups excluding carboxylic acids is 2. The van der Waals surface area contributed by atoms with Gasteiger partial charge in [-0.25, -0.2) is 9.78 Å². The van der Waals surface area contributed by atoms with Crippen LogP contribution in [0.25, 0.3) is 0 Å². The molecule has 0 bridgehead atoms. The lowest BCUT2D eigenvalue weighted by Crippen LogP contribution is -2.54. The molecule has 1 saturated heterocycles. The Morgan fingerprint density at radius 1 is 1.17 bits per heavy atom. The monoisotopic (exact) mass is 407 g/mol. The highest BCUT2D eigenvalue weighted by atomic mass is 16.2. The number of nitrogens with one attached hydrogen (secondary N) is 1. The molecular weight excluding hydrogens is 378 g/mol. The van der Waals surface area contributed by atoms with Gasteiger partial charge in [-0.1, -0.05) is 30.3 Å². The summed E-state index contributed by atoms with van der Waals surface area (Å²) in [5.41, 5.74) is 7.50. The van der Waals surface area contributed by atoms with E-state index in [1.54, 1.807) is 11.0 Å². The summed E-state index contributed by atoms with van der Waals surface area (Å²) in [4.78, 5) is 32.7. The van der Waals surface area contributed by atoms with Gasteiger partial charge < -0.3 is 11.1 Å². The second kappa shape index (κ2) is 7.40. The van der Waals surface area contributed by atoms with Gasteiger partial charge in [-0.2, -0.15) is 0 Å². The van der Waals surface area contributed by atoms with Gasteiger partial charge in [0.25, 0.3) is 0 Å². The average Bonchev–Trinajstić information content (AvgIpc) is 3.04. The van der Waals surface area contributed by atoms with Crippen LogP contribution in [0, 0.1) is 6.92 Å². The molecule has 0 atom stereocenters. The molecular formula is C23H29N5O2. The molecule has 7 nitrogen and oxygen atoms in total. The Hall–Kier alpha value is -2.93. The van der Waals surface area contributed by atoms with Gasteiger partial charge in [-0.15, -0.1) is 0 Å². The first-order chi connectivity index (χ1) is 14.3. The molecule has 30 heavy (non-hydrogen) atoms. The van der Waals surface area contributed by atoms with Crippen LogP contribution in [-0.2, 0) is 5.54 Å². The highest BCUT2D eigenvalue weighted by Gasteiger charge is 2.50. The van der Waals surface area contributed by atoms with Crippen molar-refractivity contribution in [3.05, 3.63) is 59.3 Å². The molecule has 3 amide bonds. The van der Waals surface area contributed by atoms with Gasteiger partial charge in [0.1, 0.15) is 5.82 Å². The van der Waals surface area contributed by atoms with Gasteiger partial charge in [-0.05, 0) is 63.9 Å². The number of nitrogens with zero attached hydrogens (tertiary/aromatic N) is 3. The first kappa shape index (κ1) is 20.3. The molecule has 2 aromatic rings. The van der Waals surface area contributed by atoms with Crippen LogP contribution >= 0.6 is 0 Å². The minimum absolute atomic E-state index is 0.0258. The fourth-order valence-electron chi connectivity index (χ4n) is 5.03. The molecule has 7 heteroatoms. The fourth-order valence-corrected chi connectivity index (χ4v) is 5.03. The summed E-state index contributed by atoms with van der Waals surface area (Å²) in [6, 6.07) is 12.2. The minimum Gasteiger partial charge on any atom is -0.366 e. The van der Waals surface area contributed by atoms with E-state index in [-0.39, 0.29) is 17.1 Å². The molecule has 158 valence electrons. The number of benzene rings is 1. The van der Waals surface area contributed by atoms with Crippen molar-refractivity contribution < 1.29 is 9.59 Å². The number of nitrogens with two attached hydrogens (primary N) is 1. The van der Waals surface area contributed by atoms with E-state index in [4.69, 9.17) is 5.73 Å². The maximum Gasteiger partial charge on any atom is 0.323 e. The summed E-state index contributed by atoms with van der Waals surface area (Å²) >= 11 is 0. The SMILES string of the molecule is Cc1cc(C(N)=O)cnc1N1C[C@]2(CC[C@](c3ccccc3)(N(C)C)CC2)NC1=O. The summed E-state index contributed by atoms with van der Waals surface area (Å²) in [5.74, 6) is 0.0644. The second-order valence-electron chi connectivity index (χ2n) is 8.82. The highest BCUT2D eigenvalue weighted by Crippen LogP contribution is 2.46. The number of urea groups is 1. The van der Waals surface area contributed by atoms with Crippen molar-refractivity contribution in [2.24, 2.45) is 5.73 Å². The Bertz CT molecular complexity index is 965. The van der Waals surface area contributed by atoms with Gasteiger partial charge in [0, 0.05) is 11.7 Å². The van der Waals surface area contributed by atoms with E-state index in [9.17, 15) is 9.59 Å². The van der Waals surface area contributed by atoms with Crippen LogP contribution in [0.4, 0.5) is 10.6 Å². The van der Waals surface area contributed by atoms with Crippen LogP contribution in [-0.4, -0.2) is 48.0 Å². The number of amides is 3. The zero-order valence-corrected chi connectivity index (χ0v) is 17.8. The third kappa shape index (κ3) is 3.33. The van der Waals surface area contributed by atoms with Crippen LogP contribution in [0.2, 0.25) is 0 Å². The van der Waals surface area contributed by atoms with Crippen molar-refractivity contribution in [3.8, 4) is 0 Å². The van der Waals surface area contributed by atoms with Crippen LogP contribution in [0.5, 0.6) is 0 Å². The Balaban J connectivity index is 1.56. The standard InChI is InChI=1S/C23H29N5O2/c1-16-13-17(19(24)29)14-25-20(16)28-15-22(26-21(28)30)9-11-23(12-10-22,27(2)3)18-7-5-4-6-8-18/h4-8,13-14H,9-12,15H2,1-3H3,(H2,24,29)(H,26,30)/t22-,23+. The smallest absolute Gasteiger partial charge is 0.323 e. The number of carbonyl (C=O) groups is 2. The summed E-state index contributed by atoms with van der Waals surface area (Å²) in [5, 5.41) is 3.25. The summed E-state index contributed by atoms with van der Waals surface area (Å²) in [6.07, 6.45) is 5.15.